The van der Waals surface area contributed by atoms with E-state index >= 15 is 0 Å². The predicted molar refractivity (Wildman–Crippen MR) is 204 cm³/mol. The molecule has 0 aromatic carbocycles. The lowest BCUT2D eigenvalue weighted by molar-refractivity contribution is -0.0623. The van der Waals surface area contributed by atoms with Crippen LogP contribution in [0.2, 0.25) is 0 Å². The van der Waals surface area contributed by atoms with Crippen molar-refractivity contribution in [1.82, 2.24) is 0 Å². The minimum absolute atomic E-state index is 0.0242. The van der Waals surface area contributed by atoms with Gasteiger partial charge >= 0.3 is 0 Å². The smallest absolute Gasteiger partial charge is 0.104 e. The van der Waals surface area contributed by atoms with Crippen molar-refractivity contribution in [2.24, 2.45) is 5.73 Å². The summed E-state index contributed by atoms with van der Waals surface area (Å²) >= 11 is 0. The number of nitrogens with two attached hydrogens (primary N) is 1. The van der Waals surface area contributed by atoms with Crippen LogP contribution >= 0.6 is 0 Å². The third-order valence-corrected chi connectivity index (χ3v) is 9.48. The van der Waals surface area contributed by atoms with Gasteiger partial charge in [0, 0.05) is 19.3 Å². The Morgan fingerprint density at radius 1 is 0.348 bits per heavy atom. The zero-order valence-corrected chi connectivity index (χ0v) is 32.1. The van der Waals surface area contributed by atoms with Crippen LogP contribution in [0.3, 0.4) is 0 Å². The molecule has 0 radical (unpaired) electrons. The average molecular weight is 654 g/mol. The highest BCUT2D eigenvalue weighted by molar-refractivity contribution is 4.59. The minimum atomic E-state index is 0.0242. The maximum absolute atomic E-state index is 6.19. The SMILES string of the molecule is CCCCCCCCCCCCCCCCCCOCC(COCC(C)N)OCCCCCCCCCCCCCCCCCC. The van der Waals surface area contributed by atoms with Gasteiger partial charge in [-0.05, 0) is 19.8 Å². The number of hydrogen-bond acceptors (Lipinski definition) is 4. The van der Waals surface area contributed by atoms with Crippen LogP contribution in [-0.2, 0) is 14.2 Å². The zero-order valence-electron chi connectivity index (χ0n) is 32.1. The van der Waals surface area contributed by atoms with Crippen molar-refractivity contribution in [2.75, 3.05) is 33.0 Å². The Kier molecular flexibility index (Phi) is 40.9. The van der Waals surface area contributed by atoms with E-state index < -0.39 is 0 Å². The molecule has 278 valence electrons. The van der Waals surface area contributed by atoms with Gasteiger partial charge in [0.2, 0.25) is 0 Å². The highest BCUT2D eigenvalue weighted by Gasteiger charge is 2.11. The Labute approximate surface area is 290 Å². The largest absolute Gasteiger partial charge is 0.379 e. The predicted octanol–water partition coefficient (Wildman–Crippen LogP) is 13.3. The molecule has 0 saturated carbocycles. The van der Waals surface area contributed by atoms with E-state index in [2.05, 4.69) is 13.8 Å². The lowest BCUT2D eigenvalue weighted by Crippen LogP contribution is -2.30. The van der Waals surface area contributed by atoms with Crippen molar-refractivity contribution < 1.29 is 14.2 Å². The number of ether oxygens (including phenoxy) is 3. The molecule has 2 unspecified atom stereocenters. The Hall–Kier alpha value is -0.160. The zero-order chi connectivity index (χ0) is 33.4. The van der Waals surface area contributed by atoms with Crippen LogP contribution in [0.1, 0.15) is 226 Å². The molecule has 0 aliphatic carbocycles. The third-order valence-electron chi connectivity index (χ3n) is 9.48. The first kappa shape index (κ1) is 45.8. The Morgan fingerprint density at radius 3 is 0.957 bits per heavy atom. The van der Waals surface area contributed by atoms with Gasteiger partial charge in [-0.1, -0.05) is 206 Å². The molecule has 0 heterocycles. The van der Waals surface area contributed by atoms with Crippen LogP contribution in [0.25, 0.3) is 0 Å². The Morgan fingerprint density at radius 2 is 0.630 bits per heavy atom. The van der Waals surface area contributed by atoms with E-state index in [0.717, 1.165) is 26.1 Å². The molecule has 0 aromatic heterocycles. The summed E-state index contributed by atoms with van der Waals surface area (Å²) in [6, 6.07) is 0.0620. The van der Waals surface area contributed by atoms with Gasteiger partial charge in [-0.15, -0.1) is 0 Å². The molecule has 4 nitrogen and oxygen atoms in total. The lowest BCUT2D eigenvalue weighted by atomic mass is 10.0. The Balaban J connectivity index is 3.59. The van der Waals surface area contributed by atoms with Crippen molar-refractivity contribution in [1.29, 1.82) is 0 Å². The van der Waals surface area contributed by atoms with Crippen molar-refractivity contribution in [3.05, 3.63) is 0 Å². The van der Waals surface area contributed by atoms with Crippen LogP contribution in [0.4, 0.5) is 0 Å². The summed E-state index contributed by atoms with van der Waals surface area (Å²) in [6.07, 6.45) is 44.7. The molecule has 2 N–H and O–H groups in total. The topological polar surface area (TPSA) is 53.7 Å². The molecule has 0 spiro atoms. The summed E-state index contributed by atoms with van der Waals surface area (Å²) in [7, 11) is 0. The first-order valence-electron chi connectivity index (χ1n) is 21.2. The fraction of sp³-hybridized carbons (Fsp3) is 1.00. The standard InChI is InChI=1S/C42H87NO3/c1-4-6-8-10-12-14-16-18-20-22-24-26-28-30-32-34-36-44-39-42(40-45-38-41(3)43)46-37-35-33-31-29-27-25-23-21-19-17-15-13-11-9-7-5-2/h41-42H,4-40,43H2,1-3H3. The van der Waals surface area contributed by atoms with E-state index in [1.165, 1.54) is 193 Å². The summed E-state index contributed by atoms with van der Waals surface area (Å²) < 4.78 is 18.0. The van der Waals surface area contributed by atoms with Gasteiger partial charge in [0.25, 0.3) is 0 Å². The van der Waals surface area contributed by atoms with E-state index in [1.54, 1.807) is 0 Å². The highest BCUT2D eigenvalue weighted by Crippen LogP contribution is 2.15. The fourth-order valence-electron chi connectivity index (χ4n) is 6.40. The molecule has 0 saturated heterocycles. The second kappa shape index (κ2) is 41.0. The molecule has 0 amide bonds. The van der Waals surface area contributed by atoms with Crippen LogP contribution in [0.15, 0.2) is 0 Å². The second-order valence-corrected chi connectivity index (χ2v) is 14.7. The molecule has 0 bridgehead atoms. The number of rotatable bonds is 41. The van der Waals surface area contributed by atoms with Crippen molar-refractivity contribution in [3.8, 4) is 0 Å². The van der Waals surface area contributed by atoms with Crippen molar-refractivity contribution in [3.63, 3.8) is 0 Å². The second-order valence-electron chi connectivity index (χ2n) is 14.7. The van der Waals surface area contributed by atoms with E-state index in [-0.39, 0.29) is 12.1 Å². The summed E-state index contributed by atoms with van der Waals surface area (Å²) in [5, 5.41) is 0. The maximum atomic E-state index is 6.19. The summed E-state index contributed by atoms with van der Waals surface area (Å²) in [4.78, 5) is 0. The molecule has 2 atom stereocenters. The molecule has 0 rings (SSSR count). The normalized spacial score (nSPS) is 13.0. The van der Waals surface area contributed by atoms with Crippen LogP contribution < -0.4 is 5.73 Å². The van der Waals surface area contributed by atoms with E-state index in [1.807, 2.05) is 6.92 Å². The Bertz CT molecular complexity index is 529. The molecular weight excluding hydrogens is 566 g/mol. The van der Waals surface area contributed by atoms with Crippen LogP contribution in [0, 0.1) is 0 Å². The van der Waals surface area contributed by atoms with Gasteiger partial charge in [0.05, 0.1) is 19.8 Å². The molecule has 0 aliphatic heterocycles. The fourth-order valence-corrected chi connectivity index (χ4v) is 6.40. The van der Waals surface area contributed by atoms with E-state index in [4.69, 9.17) is 19.9 Å². The van der Waals surface area contributed by atoms with Crippen molar-refractivity contribution in [2.45, 2.75) is 238 Å². The van der Waals surface area contributed by atoms with E-state index in [9.17, 15) is 0 Å². The van der Waals surface area contributed by atoms with Gasteiger partial charge in [-0.2, -0.15) is 0 Å². The highest BCUT2D eigenvalue weighted by atomic mass is 16.6. The average Bonchev–Trinajstić information content (AvgIpc) is 3.05. The summed E-state index contributed by atoms with van der Waals surface area (Å²) in [6.45, 7) is 10.0. The van der Waals surface area contributed by atoms with Crippen LogP contribution in [0.5, 0.6) is 0 Å². The van der Waals surface area contributed by atoms with Gasteiger partial charge in [-0.3, -0.25) is 0 Å². The molecule has 0 aliphatic rings. The number of hydrogen-bond donors (Lipinski definition) is 1. The monoisotopic (exact) mass is 654 g/mol. The molecular formula is C42H87NO3. The van der Waals surface area contributed by atoms with Gasteiger partial charge in [-0.25, -0.2) is 0 Å². The first-order valence-corrected chi connectivity index (χ1v) is 21.2. The lowest BCUT2D eigenvalue weighted by Gasteiger charge is -2.19. The molecule has 0 aromatic rings. The van der Waals surface area contributed by atoms with E-state index in [0.29, 0.717) is 19.8 Å². The van der Waals surface area contributed by atoms with Crippen molar-refractivity contribution >= 4 is 0 Å². The van der Waals surface area contributed by atoms with Gasteiger partial charge < -0.3 is 19.9 Å². The first-order chi connectivity index (χ1) is 22.7. The van der Waals surface area contributed by atoms with Crippen LogP contribution in [-0.4, -0.2) is 45.2 Å². The quantitative estimate of drug-likeness (QED) is 0.0667. The van der Waals surface area contributed by atoms with Gasteiger partial charge in [0.1, 0.15) is 6.10 Å². The molecule has 4 heteroatoms. The summed E-state index contributed by atoms with van der Waals surface area (Å²) in [5.41, 5.74) is 5.87. The molecule has 46 heavy (non-hydrogen) atoms. The third kappa shape index (κ3) is 40.0. The summed E-state index contributed by atoms with van der Waals surface area (Å²) in [5.74, 6) is 0. The van der Waals surface area contributed by atoms with Gasteiger partial charge in [0.15, 0.2) is 0 Å². The minimum Gasteiger partial charge on any atom is -0.379 e. The molecule has 0 fully saturated rings. The maximum Gasteiger partial charge on any atom is 0.104 e. The number of unbranched alkanes of at least 4 members (excludes halogenated alkanes) is 30.